The van der Waals surface area contributed by atoms with E-state index in [-0.39, 0.29) is 12.0 Å². The molecule has 6 heteroatoms. The van der Waals surface area contributed by atoms with Crippen molar-refractivity contribution in [1.82, 2.24) is 15.5 Å². The molecular weight excluding hydrogens is 306 g/mol. The Kier molecular flexibility index (Phi) is 5.15. The van der Waals surface area contributed by atoms with Gasteiger partial charge in [-0.25, -0.2) is 9.59 Å². The maximum absolute atomic E-state index is 12.6. The number of likely N-dealkylation sites (tertiary alicyclic amines) is 1. The van der Waals surface area contributed by atoms with E-state index in [1.54, 1.807) is 6.92 Å². The smallest absolute Gasteiger partial charge is 0.338 e. The Balaban J connectivity index is 1.98. The summed E-state index contributed by atoms with van der Waals surface area (Å²) in [5, 5.41) is 5.67. The summed E-state index contributed by atoms with van der Waals surface area (Å²) in [5.41, 5.74) is 2.01. The van der Waals surface area contributed by atoms with E-state index < -0.39 is 6.04 Å². The first-order valence-corrected chi connectivity index (χ1v) is 8.44. The summed E-state index contributed by atoms with van der Waals surface area (Å²) in [4.78, 5) is 27.0. The average molecular weight is 329 g/mol. The van der Waals surface area contributed by atoms with Crippen molar-refractivity contribution < 1.29 is 14.3 Å². The maximum atomic E-state index is 12.6. The Labute approximate surface area is 141 Å². The van der Waals surface area contributed by atoms with Crippen molar-refractivity contribution in [3.63, 3.8) is 0 Å². The molecule has 1 aromatic rings. The highest BCUT2D eigenvalue weighted by Crippen LogP contribution is 2.28. The minimum Gasteiger partial charge on any atom is -0.463 e. The van der Waals surface area contributed by atoms with Gasteiger partial charge >= 0.3 is 12.0 Å². The van der Waals surface area contributed by atoms with E-state index in [0.717, 1.165) is 31.5 Å². The highest BCUT2D eigenvalue weighted by Gasteiger charge is 2.34. The second-order valence-corrected chi connectivity index (χ2v) is 6.04. The zero-order valence-corrected chi connectivity index (χ0v) is 13.9. The molecule has 1 fully saturated rings. The number of benzene rings is 1. The van der Waals surface area contributed by atoms with Crippen molar-refractivity contribution in [3.8, 4) is 0 Å². The summed E-state index contributed by atoms with van der Waals surface area (Å²) in [6, 6.07) is 8.73. The van der Waals surface area contributed by atoms with Gasteiger partial charge in [0.25, 0.3) is 0 Å². The van der Waals surface area contributed by atoms with Crippen molar-refractivity contribution in [3.05, 3.63) is 47.2 Å². The predicted molar refractivity (Wildman–Crippen MR) is 90.2 cm³/mol. The number of carbonyl (C=O) groups is 2. The molecule has 128 valence electrons. The minimum absolute atomic E-state index is 0.286. The lowest BCUT2D eigenvalue weighted by Crippen LogP contribution is -2.48. The summed E-state index contributed by atoms with van der Waals surface area (Å²) in [6.07, 6.45) is 2.30. The summed E-state index contributed by atoms with van der Waals surface area (Å²) in [5.74, 6) is -0.381. The Morgan fingerprint density at radius 2 is 1.96 bits per heavy atom. The highest BCUT2D eigenvalue weighted by atomic mass is 16.5. The molecule has 0 spiro atoms. The minimum atomic E-state index is -0.489. The molecule has 0 aromatic heterocycles. The molecule has 2 N–H and O–H groups in total. The van der Waals surface area contributed by atoms with Crippen molar-refractivity contribution in [1.29, 1.82) is 0 Å². The van der Waals surface area contributed by atoms with Gasteiger partial charge in [0.2, 0.25) is 0 Å². The fourth-order valence-electron chi connectivity index (χ4n) is 3.25. The lowest BCUT2D eigenvalue weighted by Gasteiger charge is -2.31. The van der Waals surface area contributed by atoms with Crippen LogP contribution >= 0.6 is 0 Å². The number of esters is 1. The van der Waals surface area contributed by atoms with E-state index in [2.05, 4.69) is 15.5 Å². The maximum Gasteiger partial charge on any atom is 0.338 e. The zero-order valence-electron chi connectivity index (χ0n) is 13.9. The van der Waals surface area contributed by atoms with E-state index in [0.29, 0.717) is 24.4 Å². The summed E-state index contributed by atoms with van der Waals surface area (Å²) in [6.45, 7) is 4.61. The van der Waals surface area contributed by atoms with Crippen LogP contribution in [0, 0.1) is 0 Å². The number of nitrogens with zero attached hydrogens (tertiary/aromatic N) is 1. The molecule has 0 radical (unpaired) electrons. The molecule has 3 rings (SSSR count). The van der Waals surface area contributed by atoms with Gasteiger partial charge in [0, 0.05) is 12.2 Å². The molecule has 2 aliphatic heterocycles. The lowest BCUT2D eigenvalue weighted by atomic mass is 9.95. The van der Waals surface area contributed by atoms with Gasteiger partial charge < -0.3 is 15.4 Å². The third kappa shape index (κ3) is 3.59. The van der Waals surface area contributed by atoms with Crippen molar-refractivity contribution in [2.75, 3.05) is 26.2 Å². The quantitative estimate of drug-likeness (QED) is 0.810. The van der Waals surface area contributed by atoms with Crippen LogP contribution in [0.4, 0.5) is 4.79 Å². The standard InChI is InChI=1S/C18H23N3O3/c1-2-24-17(22)15-14(12-21-10-6-7-11-21)19-18(23)20-16(15)13-8-4-3-5-9-13/h3-5,8-9,16H,2,6-7,10-12H2,1H3,(H2,19,20,23)/t16-/m1/s1. The van der Waals surface area contributed by atoms with Crippen LogP contribution in [0.2, 0.25) is 0 Å². The van der Waals surface area contributed by atoms with E-state index in [9.17, 15) is 9.59 Å². The summed E-state index contributed by atoms with van der Waals surface area (Å²) in [7, 11) is 0. The van der Waals surface area contributed by atoms with E-state index in [1.807, 2.05) is 30.3 Å². The molecule has 0 saturated carbocycles. The second-order valence-electron chi connectivity index (χ2n) is 6.04. The SMILES string of the molecule is CCOC(=O)C1=C(CN2CCCC2)NC(=O)N[C@@H]1c1ccccc1. The third-order valence-corrected chi connectivity index (χ3v) is 4.36. The van der Waals surface area contributed by atoms with E-state index >= 15 is 0 Å². The normalized spacial score (nSPS) is 21.4. The van der Waals surface area contributed by atoms with Crippen LogP contribution in [0.15, 0.2) is 41.6 Å². The topological polar surface area (TPSA) is 70.7 Å². The monoisotopic (exact) mass is 329 g/mol. The molecule has 1 aromatic carbocycles. The summed E-state index contributed by atoms with van der Waals surface area (Å²) >= 11 is 0. The van der Waals surface area contributed by atoms with Gasteiger partial charge in [-0.2, -0.15) is 0 Å². The van der Waals surface area contributed by atoms with Gasteiger partial charge in [0.05, 0.1) is 18.2 Å². The molecular formula is C18H23N3O3. The van der Waals surface area contributed by atoms with Crippen molar-refractivity contribution >= 4 is 12.0 Å². The van der Waals surface area contributed by atoms with Crippen LogP contribution in [0.5, 0.6) is 0 Å². The number of amides is 2. The van der Waals surface area contributed by atoms with Gasteiger partial charge in [-0.05, 0) is 38.4 Å². The third-order valence-electron chi connectivity index (χ3n) is 4.36. The summed E-state index contributed by atoms with van der Waals surface area (Å²) < 4.78 is 5.26. The predicted octanol–water partition coefficient (Wildman–Crippen LogP) is 1.95. The number of rotatable bonds is 5. The van der Waals surface area contributed by atoms with Crippen LogP contribution in [0.3, 0.4) is 0 Å². The molecule has 24 heavy (non-hydrogen) atoms. The van der Waals surface area contributed by atoms with E-state index in [1.165, 1.54) is 0 Å². The van der Waals surface area contributed by atoms with Gasteiger partial charge in [0.15, 0.2) is 0 Å². The number of carbonyl (C=O) groups excluding carboxylic acids is 2. The van der Waals surface area contributed by atoms with Gasteiger partial charge in [0.1, 0.15) is 0 Å². The van der Waals surface area contributed by atoms with Crippen LogP contribution < -0.4 is 10.6 Å². The van der Waals surface area contributed by atoms with Crippen molar-refractivity contribution in [2.24, 2.45) is 0 Å². The van der Waals surface area contributed by atoms with Crippen LogP contribution in [-0.4, -0.2) is 43.1 Å². The van der Waals surface area contributed by atoms with Crippen LogP contribution in [-0.2, 0) is 9.53 Å². The first-order chi connectivity index (χ1) is 11.7. The molecule has 2 heterocycles. The fraction of sp³-hybridized carbons (Fsp3) is 0.444. The number of urea groups is 1. The van der Waals surface area contributed by atoms with Gasteiger partial charge in [-0.1, -0.05) is 30.3 Å². The molecule has 2 amide bonds. The molecule has 1 saturated heterocycles. The molecule has 2 aliphatic rings. The number of nitrogens with one attached hydrogen (secondary N) is 2. The zero-order chi connectivity index (χ0) is 16.9. The Bertz CT molecular complexity index is 636. The number of hydrogen-bond donors (Lipinski definition) is 2. The van der Waals surface area contributed by atoms with Gasteiger partial charge in [-0.3, -0.25) is 4.90 Å². The molecule has 0 unspecified atom stereocenters. The van der Waals surface area contributed by atoms with E-state index in [4.69, 9.17) is 4.74 Å². The second kappa shape index (κ2) is 7.49. The largest absolute Gasteiger partial charge is 0.463 e. The fourth-order valence-corrected chi connectivity index (χ4v) is 3.25. The highest BCUT2D eigenvalue weighted by molar-refractivity contribution is 5.95. The molecule has 0 aliphatic carbocycles. The first-order valence-electron chi connectivity index (χ1n) is 8.44. The van der Waals surface area contributed by atoms with Crippen LogP contribution in [0.1, 0.15) is 31.4 Å². The van der Waals surface area contributed by atoms with Crippen LogP contribution in [0.25, 0.3) is 0 Å². The number of hydrogen-bond acceptors (Lipinski definition) is 4. The van der Waals surface area contributed by atoms with Gasteiger partial charge in [-0.15, -0.1) is 0 Å². The lowest BCUT2D eigenvalue weighted by molar-refractivity contribution is -0.139. The van der Waals surface area contributed by atoms with Crippen molar-refractivity contribution in [2.45, 2.75) is 25.8 Å². The Hall–Kier alpha value is -2.34. The number of ether oxygens (including phenoxy) is 1. The first kappa shape index (κ1) is 16.5. The Morgan fingerprint density at radius 3 is 2.62 bits per heavy atom. The average Bonchev–Trinajstić information content (AvgIpc) is 3.08. The molecule has 1 atom stereocenters. The molecule has 6 nitrogen and oxygen atoms in total. The Morgan fingerprint density at radius 1 is 1.25 bits per heavy atom. The molecule has 0 bridgehead atoms.